The Bertz CT molecular complexity index is 855. The second-order valence-corrected chi connectivity index (χ2v) is 8.11. The highest BCUT2D eigenvalue weighted by molar-refractivity contribution is 6.30. The Balaban J connectivity index is 0.00000341. The number of amides is 1. The van der Waals surface area contributed by atoms with Crippen LogP contribution in [0, 0.1) is 0 Å². The van der Waals surface area contributed by atoms with E-state index in [1.165, 1.54) is 0 Å². The first-order valence-electron chi connectivity index (χ1n) is 10.3. The van der Waals surface area contributed by atoms with Crippen LogP contribution in [0.2, 0.25) is 5.02 Å². The van der Waals surface area contributed by atoms with Gasteiger partial charge in [0.2, 0.25) is 0 Å². The number of rotatable bonds is 8. The molecule has 0 aliphatic carbocycles. The van der Waals surface area contributed by atoms with E-state index in [2.05, 4.69) is 15.1 Å². The smallest absolute Gasteiger partial charge is 0.255 e. The molecule has 2 aromatic rings. The van der Waals surface area contributed by atoms with Crippen LogP contribution in [0.4, 0.5) is 11.4 Å². The minimum absolute atomic E-state index is 0. The number of carbonyl (C=O) groups is 1. The first-order chi connectivity index (χ1) is 14.5. The average molecular weight is 467 g/mol. The van der Waals surface area contributed by atoms with Crippen LogP contribution in [0.3, 0.4) is 0 Å². The largest absolute Gasteiger partial charge is 0.495 e. The van der Waals surface area contributed by atoms with Gasteiger partial charge in [0, 0.05) is 57.5 Å². The number of para-hydroxylation sites is 1. The average Bonchev–Trinajstić information content (AvgIpc) is 2.77. The lowest BCUT2D eigenvalue weighted by Gasteiger charge is -2.36. The second-order valence-electron chi connectivity index (χ2n) is 7.67. The highest BCUT2D eigenvalue weighted by Gasteiger charge is 2.20. The normalized spacial score (nSPS) is 14.0. The van der Waals surface area contributed by atoms with Crippen LogP contribution >= 0.6 is 24.0 Å². The number of hydrogen-bond donors (Lipinski definition) is 1. The zero-order valence-corrected chi connectivity index (χ0v) is 20.0. The molecule has 6 nitrogen and oxygen atoms in total. The molecule has 1 amide bonds. The van der Waals surface area contributed by atoms with Crippen molar-refractivity contribution in [1.29, 1.82) is 0 Å². The minimum atomic E-state index is 0. The van der Waals surface area contributed by atoms with E-state index in [0.29, 0.717) is 5.56 Å². The summed E-state index contributed by atoms with van der Waals surface area (Å²) in [6, 6.07) is 13.5. The van der Waals surface area contributed by atoms with Crippen LogP contribution in [0.25, 0.3) is 0 Å². The molecule has 0 bridgehead atoms. The molecule has 170 valence electrons. The highest BCUT2D eigenvalue weighted by atomic mass is 35.5. The zero-order valence-electron chi connectivity index (χ0n) is 18.4. The molecule has 1 aliphatic heterocycles. The maximum atomic E-state index is 12.3. The first-order valence-corrected chi connectivity index (χ1v) is 10.7. The Kier molecular flexibility index (Phi) is 9.75. The van der Waals surface area contributed by atoms with E-state index >= 15 is 0 Å². The van der Waals surface area contributed by atoms with Gasteiger partial charge in [-0.1, -0.05) is 23.7 Å². The summed E-state index contributed by atoms with van der Waals surface area (Å²) in [7, 11) is 5.25. The van der Waals surface area contributed by atoms with Gasteiger partial charge in [-0.25, -0.2) is 0 Å². The van der Waals surface area contributed by atoms with Crippen molar-refractivity contribution in [3.8, 4) is 5.75 Å². The number of piperazine rings is 1. The van der Waals surface area contributed by atoms with Crippen LogP contribution in [-0.2, 0) is 0 Å². The van der Waals surface area contributed by atoms with E-state index in [1.807, 2.05) is 42.5 Å². The summed E-state index contributed by atoms with van der Waals surface area (Å²) < 4.78 is 5.49. The lowest BCUT2D eigenvalue weighted by atomic mass is 10.1. The van der Waals surface area contributed by atoms with Gasteiger partial charge in [0.25, 0.3) is 5.91 Å². The third kappa shape index (κ3) is 6.66. The van der Waals surface area contributed by atoms with Gasteiger partial charge in [0.05, 0.1) is 18.4 Å². The summed E-state index contributed by atoms with van der Waals surface area (Å²) in [6.45, 7) is 5.77. The van der Waals surface area contributed by atoms with Crippen molar-refractivity contribution >= 4 is 41.3 Å². The van der Waals surface area contributed by atoms with E-state index in [0.717, 1.165) is 67.8 Å². The van der Waals surface area contributed by atoms with Gasteiger partial charge < -0.3 is 19.9 Å². The Morgan fingerprint density at radius 1 is 1.13 bits per heavy atom. The van der Waals surface area contributed by atoms with Gasteiger partial charge in [0.15, 0.2) is 0 Å². The molecule has 8 heteroatoms. The van der Waals surface area contributed by atoms with Crippen molar-refractivity contribution < 1.29 is 9.53 Å². The maximum Gasteiger partial charge on any atom is 0.255 e. The Hall–Kier alpha value is -2.15. The van der Waals surface area contributed by atoms with Gasteiger partial charge in [-0.05, 0) is 43.3 Å². The number of benzene rings is 2. The van der Waals surface area contributed by atoms with Crippen LogP contribution in [-0.4, -0.2) is 76.2 Å². The summed E-state index contributed by atoms with van der Waals surface area (Å²) in [5.74, 6) is 0.883. The van der Waals surface area contributed by atoms with Crippen molar-refractivity contribution in [2.45, 2.75) is 6.42 Å². The van der Waals surface area contributed by atoms with E-state index in [9.17, 15) is 4.79 Å². The van der Waals surface area contributed by atoms with Crippen molar-refractivity contribution in [3.63, 3.8) is 0 Å². The molecule has 1 heterocycles. The molecule has 1 N–H and O–H groups in total. The first kappa shape index (κ1) is 25.1. The quantitative estimate of drug-likeness (QED) is 0.593. The Labute approximate surface area is 196 Å². The predicted octanol–water partition coefficient (Wildman–Crippen LogP) is 4.10. The summed E-state index contributed by atoms with van der Waals surface area (Å²) in [6.07, 6.45) is 1.02. The molecular weight excluding hydrogens is 435 g/mol. The number of nitrogens with zero attached hydrogens (tertiary/aromatic N) is 3. The standard InChI is InChI=1S/C23H31ClN4O2.ClH/c1-26(2)23(29)19-7-4-5-8-20(19)25-11-6-12-27-13-15-28(16-14-27)21-17-18(24)9-10-22(21)30-3;/h4-5,7-10,17,25H,6,11-16H2,1-3H3;1H. The van der Waals surface area contributed by atoms with E-state index < -0.39 is 0 Å². The molecule has 0 atom stereocenters. The van der Waals surface area contributed by atoms with Gasteiger partial charge in [-0.3, -0.25) is 9.69 Å². The number of methoxy groups -OCH3 is 1. The number of ether oxygens (including phenoxy) is 1. The molecule has 0 radical (unpaired) electrons. The van der Waals surface area contributed by atoms with Gasteiger partial charge >= 0.3 is 0 Å². The molecule has 0 aromatic heterocycles. The lowest BCUT2D eigenvalue weighted by Crippen LogP contribution is -2.47. The van der Waals surface area contributed by atoms with Gasteiger partial charge in [-0.15, -0.1) is 12.4 Å². The van der Waals surface area contributed by atoms with Crippen LogP contribution in [0.15, 0.2) is 42.5 Å². The Morgan fingerprint density at radius 3 is 2.52 bits per heavy atom. The fraction of sp³-hybridized carbons (Fsp3) is 0.435. The topological polar surface area (TPSA) is 48.1 Å². The van der Waals surface area contributed by atoms with Crippen molar-refractivity contribution in [3.05, 3.63) is 53.1 Å². The predicted molar refractivity (Wildman–Crippen MR) is 131 cm³/mol. The number of halogens is 2. The Morgan fingerprint density at radius 2 is 1.84 bits per heavy atom. The van der Waals surface area contributed by atoms with Crippen LogP contribution in [0.5, 0.6) is 5.75 Å². The summed E-state index contributed by atoms with van der Waals surface area (Å²) >= 11 is 6.18. The van der Waals surface area contributed by atoms with Crippen molar-refractivity contribution in [1.82, 2.24) is 9.80 Å². The maximum absolute atomic E-state index is 12.3. The molecule has 3 rings (SSSR count). The molecule has 1 aliphatic rings. The number of hydrogen-bond acceptors (Lipinski definition) is 5. The number of nitrogens with one attached hydrogen (secondary N) is 1. The zero-order chi connectivity index (χ0) is 21.5. The molecule has 2 aromatic carbocycles. The lowest BCUT2D eigenvalue weighted by molar-refractivity contribution is 0.0828. The van der Waals surface area contributed by atoms with Crippen LogP contribution < -0.4 is 15.0 Å². The monoisotopic (exact) mass is 466 g/mol. The van der Waals surface area contributed by atoms with Crippen molar-refractivity contribution in [2.24, 2.45) is 0 Å². The fourth-order valence-electron chi connectivity index (χ4n) is 3.71. The second kappa shape index (κ2) is 12.0. The SMILES string of the molecule is COc1ccc(Cl)cc1N1CCN(CCCNc2ccccc2C(=O)N(C)C)CC1.Cl. The fourth-order valence-corrected chi connectivity index (χ4v) is 3.88. The minimum Gasteiger partial charge on any atom is -0.495 e. The molecule has 0 saturated carbocycles. The number of anilines is 2. The van der Waals surface area contributed by atoms with Crippen molar-refractivity contribution in [2.75, 3.05) is 70.7 Å². The molecular formula is C23H32Cl2N4O2. The molecule has 1 saturated heterocycles. The summed E-state index contributed by atoms with van der Waals surface area (Å²) in [5, 5.41) is 4.16. The third-order valence-electron chi connectivity index (χ3n) is 5.38. The summed E-state index contributed by atoms with van der Waals surface area (Å²) in [4.78, 5) is 18.7. The number of carbonyl (C=O) groups excluding carboxylic acids is 1. The molecule has 31 heavy (non-hydrogen) atoms. The van der Waals surface area contributed by atoms with Gasteiger partial charge in [0.1, 0.15) is 5.75 Å². The van der Waals surface area contributed by atoms with E-state index in [-0.39, 0.29) is 18.3 Å². The van der Waals surface area contributed by atoms with Crippen LogP contribution in [0.1, 0.15) is 16.8 Å². The third-order valence-corrected chi connectivity index (χ3v) is 5.62. The van der Waals surface area contributed by atoms with E-state index in [4.69, 9.17) is 16.3 Å². The highest BCUT2D eigenvalue weighted by Crippen LogP contribution is 2.31. The molecule has 0 spiro atoms. The summed E-state index contributed by atoms with van der Waals surface area (Å²) in [5.41, 5.74) is 2.68. The van der Waals surface area contributed by atoms with E-state index in [1.54, 1.807) is 26.1 Å². The molecule has 0 unspecified atom stereocenters. The molecule has 1 fully saturated rings. The van der Waals surface area contributed by atoms with Gasteiger partial charge in [-0.2, -0.15) is 0 Å².